The molecule has 0 aliphatic rings. The summed E-state index contributed by atoms with van der Waals surface area (Å²) in [5.74, 6) is 1.59. The SMILES string of the molecule is COc1cccc(NC(=O)NC(C(=O)Nc2ccc(Oc3ccccc3)cc2)C(C)C)c1. The summed E-state index contributed by atoms with van der Waals surface area (Å²) >= 11 is 0. The van der Waals surface area contributed by atoms with Gasteiger partial charge in [0.2, 0.25) is 5.91 Å². The molecule has 3 rings (SSSR count). The number of nitrogens with one attached hydrogen (secondary N) is 3. The summed E-state index contributed by atoms with van der Waals surface area (Å²) in [6.45, 7) is 3.74. The molecule has 0 bridgehead atoms. The van der Waals surface area contributed by atoms with Gasteiger partial charge >= 0.3 is 6.03 Å². The van der Waals surface area contributed by atoms with Crippen LogP contribution in [0.2, 0.25) is 0 Å². The molecule has 3 aromatic carbocycles. The average molecular weight is 434 g/mol. The zero-order chi connectivity index (χ0) is 22.9. The summed E-state index contributed by atoms with van der Waals surface area (Å²) in [4.78, 5) is 25.3. The van der Waals surface area contributed by atoms with Gasteiger partial charge in [0.1, 0.15) is 23.3 Å². The van der Waals surface area contributed by atoms with Crippen molar-refractivity contribution >= 4 is 23.3 Å². The lowest BCUT2D eigenvalue weighted by molar-refractivity contribution is -0.118. The molecule has 7 heteroatoms. The monoisotopic (exact) mass is 433 g/mol. The van der Waals surface area contributed by atoms with Crippen LogP contribution in [0.1, 0.15) is 13.8 Å². The Bertz CT molecular complexity index is 1040. The van der Waals surface area contributed by atoms with Crippen LogP contribution in [0.25, 0.3) is 0 Å². The zero-order valence-corrected chi connectivity index (χ0v) is 18.3. The quantitative estimate of drug-likeness (QED) is 0.451. The molecule has 166 valence electrons. The van der Waals surface area contributed by atoms with E-state index in [0.29, 0.717) is 22.9 Å². The topological polar surface area (TPSA) is 88.7 Å². The van der Waals surface area contributed by atoms with Gasteiger partial charge in [0.05, 0.1) is 7.11 Å². The highest BCUT2D eigenvalue weighted by molar-refractivity contribution is 5.99. The molecule has 32 heavy (non-hydrogen) atoms. The van der Waals surface area contributed by atoms with Gasteiger partial charge in [-0.1, -0.05) is 38.1 Å². The number of para-hydroxylation sites is 1. The number of carbonyl (C=O) groups is 2. The van der Waals surface area contributed by atoms with E-state index in [1.807, 2.05) is 44.2 Å². The fourth-order valence-corrected chi connectivity index (χ4v) is 3.00. The standard InChI is InChI=1S/C25H27N3O4/c1-17(2)23(28-25(30)27-19-8-7-11-22(16-19)31-3)24(29)26-18-12-14-21(15-13-18)32-20-9-5-4-6-10-20/h4-17,23H,1-3H3,(H,26,29)(H2,27,28,30). The molecule has 0 saturated carbocycles. The van der Waals surface area contributed by atoms with Crippen LogP contribution in [0.4, 0.5) is 16.2 Å². The van der Waals surface area contributed by atoms with Crippen molar-refractivity contribution in [1.29, 1.82) is 0 Å². The third kappa shape index (κ3) is 6.50. The first-order valence-electron chi connectivity index (χ1n) is 10.3. The number of benzene rings is 3. The Labute approximate surface area is 187 Å². The van der Waals surface area contributed by atoms with Gasteiger partial charge in [-0.2, -0.15) is 0 Å². The van der Waals surface area contributed by atoms with Crippen LogP contribution in [-0.4, -0.2) is 25.1 Å². The fraction of sp³-hybridized carbons (Fsp3) is 0.200. The summed E-state index contributed by atoms with van der Waals surface area (Å²) < 4.78 is 10.9. The van der Waals surface area contributed by atoms with E-state index in [1.165, 1.54) is 0 Å². The molecule has 7 nitrogen and oxygen atoms in total. The third-order valence-electron chi connectivity index (χ3n) is 4.66. The molecule has 1 unspecified atom stereocenters. The van der Waals surface area contributed by atoms with E-state index in [0.717, 1.165) is 5.75 Å². The van der Waals surface area contributed by atoms with Crippen molar-refractivity contribution in [3.05, 3.63) is 78.9 Å². The number of amides is 3. The van der Waals surface area contributed by atoms with Gasteiger partial charge in [0, 0.05) is 17.4 Å². The van der Waals surface area contributed by atoms with Gasteiger partial charge in [-0.05, 0) is 54.4 Å². The number of carbonyl (C=O) groups excluding carboxylic acids is 2. The van der Waals surface area contributed by atoms with E-state index in [4.69, 9.17) is 9.47 Å². The minimum absolute atomic E-state index is 0.119. The normalized spacial score (nSPS) is 11.4. The molecule has 0 spiro atoms. The summed E-state index contributed by atoms with van der Waals surface area (Å²) in [6, 6.07) is 22.3. The van der Waals surface area contributed by atoms with Crippen LogP contribution in [0.15, 0.2) is 78.9 Å². The van der Waals surface area contributed by atoms with E-state index in [-0.39, 0.29) is 11.8 Å². The van der Waals surface area contributed by atoms with Gasteiger partial charge in [-0.25, -0.2) is 4.79 Å². The molecular weight excluding hydrogens is 406 g/mol. The first-order valence-corrected chi connectivity index (χ1v) is 10.3. The molecule has 0 aliphatic heterocycles. The van der Waals surface area contributed by atoms with Gasteiger partial charge < -0.3 is 25.4 Å². The number of methoxy groups -OCH3 is 1. The second-order valence-electron chi connectivity index (χ2n) is 7.48. The predicted molar refractivity (Wildman–Crippen MR) is 125 cm³/mol. The summed E-state index contributed by atoms with van der Waals surface area (Å²) in [5.41, 5.74) is 1.18. The third-order valence-corrected chi connectivity index (χ3v) is 4.66. The van der Waals surface area contributed by atoms with E-state index in [2.05, 4.69) is 16.0 Å². The number of hydrogen-bond acceptors (Lipinski definition) is 4. The van der Waals surface area contributed by atoms with Crippen LogP contribution >= 0.6 is 0 Å². The van der Waals surface area contributed by atoms with Crippen molar-refractivity contribution in [3.63, 3.8) is 0 Å². The second-order valence-corrected chi connectivity index (χ2v) is 7.48. The van der Waals surface area contributed by atoms with E-state index in [9.17, 15) is 9.59 Å². The Balaban J connectivity index is 1.59. The lowest BCUT2D eigenvalue weighted by Crippen LogP contribution is -2.48. The smallest absolute Gasteiger partial charge is 0.319 e. The molecule has 3 N–H and O–H groups in total. The zero-order valence-electron chi connectivity index (χ0n) is 18.3. The van der Waals surface area contributed by atoms with Crippen molar-refractivity contribution in [3.8, 4) is 17.2 Å². The Morgan fingerprint density at radius 2 is 1.41 bits per heavy atom. The molecule has 0 heterocycles. The Morgan fingerprint density at radius 3 is 2.06 bits per heavy atom. The van der Waals surface area contributed by atoms with Crippen LogP contribution in [0, 0.1) is 5.92 Å². The van der Waals surface area contributed by atoms with Gasteiger partial charge in [0.15, 0.2) is 0 Å². The molecule has 1 atom stereocenters. The van der Waals surface area contributed by atoms with Crippen molar-refractivity contribution in [2.75, 3.05) is 17.7 Å². The number of urea groups is 1. The number of hydrogen-bond donors (Lipinski definition) is 3. The summed E-state index contributed by atoms with van der Waals surface area (Å²) in [7, 11) is 1.55. The first-order chi connectivity index (χ1) is 15.4. The van der Waals surface area contributed by atoms with Crippen molar-refractivity contribution in [2.45, 2.75) is 19.9 Å². The van der Waals surface area contributed by atoms with Crippen LogP contribution in [-0.2, 0) is 4.79 Å². The van der Waals surface area contributed by atoms with Gasteiger partial charge in [-0.15, -0.1) is 0 Å². The highest BCUT2D eigenvalue weighted by atomic mass is 16.5. The molecular formula is C25H27N3O4. The minimum Gasteiger partial charge on any atom is -0.497 e. The van der Waals surface area contributed by atoms with Gasteiger partial charge in [-0.3, -0.25) is 4.79 Å². The fourth-order valence-electron chi connectivity index (χ4n) is 3.00. The van der Waals surface area contributed by atoms with Crippen LogP contribution in [0.3, 0.4) is 0 Å². The maximum atomic E-state index is 12.8. The Hall–Kier alpha value is -4.00. The average Bonchev–Trinajstić information content (AvgIpc) is 2.79. The molecule has 0 radical (unpaired) electrons. The highest BCUT2D eigenvalue weighted by Crippen LogP contribution is 2.23. The molecule has 0 aromatic heterocycles. The van der Waals surface area contributed by atoms with E-state index < -0.39 is 12.1 Å². The molecule has 0 fully saturated rings. The van der Waals surface area contributed by atoms with Crippen molar-refractivity contribution in [2.24, 2.45) is 5.92 Å². The number of anilines is 2. The van der Waals surface area contributed by atoms with E-state index in [1.54, 1.807) is 55.6 Å². The van der Waals surface area contributed by atoms with E-state index >= 15 is 0 Å². The van der Waals surface area contributed by atoms with Crippen LogP contribution in [0.5, 0.6) is 17.2 Å². The Morgan fingerprint density at radius 1 is 0.750 bits per heavy atom. The lowest BCUT2D eigenvalue weighted by atomic mass is 10.0. The first kappa shape index (κ1) is 22.7. The summed E-state index contributed by atoms with van der Waals surface area (Å²) in [5, 5.41) is 8.31. The molecule has 3 amide bonds. The maximum Gasteiger partial charge on any atom is 0.319 e. The molecule has 3 aromatic rings. The summed E-state index contributed by atoms with van der Waals surface area (Å²) in [6.07, 6.45) is 0. The lowest BCUT2D eigenvalue weighted by Gasteiger charge is -2.22. The largest absolute Gasteiger partial charge is 0.497 e. The van der Waals surface area contributed by atoms with Crippen LogP contribution < -0.4 is 25.4 Å². The number of ether oxygens (including phenoxy) is 2. The molecule has 0 saturated heterocycles. The Kier molecular flexibility index (Phi) is 7.70. The van der Waals surface area contributed by atoms with Crippen molar-refractivity contribution in [1.82, 2.24) is 5.32 Å². The second kappa shape index (κ2) is 10.9. The minimum atomic E-state index is -0.721. The number of rotatable bonds is 8. The highest BCUT2D eigenvalue weighted by Gasteiger charge is 2.24. The predicted octanol–water partition coefficient (Wildman–Crippen LogP) is 5.27. The maximum absolute atomic E-state index is 12.8. The van der Waals surface area contributed by atoms with Crippen molar-refractivity contribution < 1.29 is 19.1 Å². The van der Waals surface area contributed by atoms with Gasteiger partial charge in [0.25, 0.3) is 0 Å². The molecule has 0 aliphatic carbocycles.